The summed E-state index contributed by atoms with van der Waals surface area (Å²) in [7, 11) is 1.94. The number of hydrogen-bond donors (Lipinski definition) is 1. The van der Waals surface area contributed by atoms with Gasteiger partial charge in [-0.15, -0.1) is 21.5 Å². The van der Waals surface area contributed by atoms with E-state index in [4.69, 9.17) is 0 Å². The molecule has 0 radical (unpaired) electrons. The molecule has 0 bridgehead atoms. The van der Waals surface area contributed by atoms with Gasteiger partial charge in [-0.2, -0.15) is 5.26 Å². The van der Waals surface area contributed by atoms with Crippen molar-refractivity contribution < 1.29 is 4.79 Å². The summed E-state index contributed by atoms with van der Waals surface area (Å²) in [6, 6.07) is 4.47. The first-order valence-electron chi connectivity index (χ1n) is 10.1. The summed E-state index contributed by atoms with van der Waals surface area (Å²) in [6.07, 6.45) is 4.83. The fourth-order valence-corrected chi connectivity index (χ4v) is 5.41. The van der Waals surface area contributed by atoms with Gasteiger partial charge in [0.1, 0.15) is 5.54 Å². The molecule has 0 saturated heterocycles. The molecule has 2 heterocycles. The minimum absolute atomic E-state index is 0.0278. The van der Waals surface area contributed by atoms with Gasteiger partial charge in [-0.25, -0.2) is 0 Å². The van der Waals surface area contributed by atoms with E-state index in [2.05, 4.69) is 34.6 Å². The average Bonchev–Trinajstić information content (AvgIpc) is 3.28. The van der Waals surface area contributed by atoms with E-state index in [1.54, 1.807) is 6.92 Å². The van der Waals surface area contributed by atoms with Crippen molar-refractivity contribution in [3.63, 3.8) is 0 Å². The van der Waals surface area contributed by atoms with Gasteiger partial charge in [-0.1, -0.05) is 39.0 Å². The fourth-order valence-electron chi connectivity index (χ4n) is 3.47. The molecule has 0 aliphatic heterocycles. The molecule has 1 N–H and O–H groups in total. The van der Waals surface area contributed by atoms with E-state index in [1.807, 2.05) is 36.8 Å². The molecule has 1 aliphatic carbocycles. The number of amides is 1. The first-order valence-corrected chi connectivity index (χ1v) is 11.9. The van der Waals surface area contributed by atoms with Gasteiger partial charge >= 0.3 is 0 Å². The van der Waals surface area contributed by atoms with Crippen molar-refractivity contribution in [1.82, 2.24) is 20.1 Å². The Morgan fingerprint density at radius 2 is 2.28 bits per heavy atom. The molecule has 2 atom stereocenters. The van der Waals surface area contributed by atoms with Crippen molar-refractivity contribution in [2.75, 3.05) is 5.75 Å². The van der Waals surface area contributed by atoms with E-state index in [1.165, 1.54) is 35.0 Å². The van der Waals surface area contributed by atoms with Crippen molar-refractivity contribution >= 4 is 29.0 Å². The Kier molecular flexibility index (Phi) is 6.69. The maximum absolute atomic E-state index is 12.3. The van der Waals surface area contributed by atoms with Gasteiger partial charge in [0.05, 0.1) is 16.7 Å². The van der Waals surface area contributed by atoms with E-state index in [0.29, 0.717) is 5.16 Å². The maximum atomic E-state index is 12.3. The Morgan fingerprint density at radius 3 is 2.93 bits per heavy atom. The van der Waals surface area contributed by atoms with Crippen LogP contribution in [-0.4, -0.2) is 32.0 Å². The number of nitrogens with zero attached hydrogens (tertiary/aromatic N) is 4. The van der Waals surface area contributed by atoms with Crippen LogP contribution in [0, 0.1) is 23.2 Å². The van der Waals surface area contributed by atoms with Gasteiger partial charge < -0.3 is 9.88 Å². The smallest absolute Gasteiger partial charge is 0.231 e. The van der Waals surface area contributed by atoms with Crippen LogP contribution in [-0.2, 0) is 24.7 Å². The van der Waals surface area contributed by atoms with Gasteiger partial charge in [-0.05, 0) is 49.7 Å². The minimum Gasteiger partial charge on any atom is -0.337 e. The lowest BCUT2D eigenvalue weighted by Gasteiger charge is -2.27. The van der Waals surface area contributed by atoms with Crippen LogP contribution in [0.25, 0.3) is 10.7 Å². The number of carbonyl (C=O) groups is 1. The Balaban J connectivity index is 1.67. The Labute approximate surface area is 181 Å². The summed E-state index contributed by atoms with van der Waals surface area (Å²) < 4.78 is 1.96. The highest BCUT2D eigenvalue weighted by Gasteiger charge is 2.30. The summed E-state index contributed by atoms with van der Waals surface area (Å²) in [6.45, 7) is 7.87. The number of nitrogens with one attached hydrogen (secondary N) is 1. The molecule has 0 unspecified atom stereocenters. The monoisotopic (exact) mass is 431 g/mol. The molecule has 8 heteroatoms. The van der Waals surface area contributed by atoms with Crippen molar-refractivity contribution in [3.05, 3.63) is 16.5 Å². The molecular formula is C21H29N5OS2. The highest BCUT2D eigenvalue weighted by Crippen LogP contribution is 2.38. The summed E-state index contributed by atoms with van der Waals surface area (Å²) >= 11 is 3.16. The Morgan fingerprint density at radius 1 is 1.52 bits per heavy atom. The number of hydrogen-bond acceptors (Lipinski definition) is 6. The molecule has 3 rings (SSSR count). The number of thioether (sulfide) groups is 1. The molecule has 2 aromatic rings. The lowest BCUT2D eigenvalue weighted by Crippen LogP contribution is -2.49. The number of aromatic nitrogens is 3. The lowest BCUT2D eigenvalue weighted by atomic mass is 9.87. The van der Waals surface area contributed by atoms with Gasteiger partial charge in [0.25, 0.3) is 0 Å². The second-order valence-corrected chi connectivity index (χ2v) is 10.3. The summed E-state index contributed by atoms with van der Waals surface area (Å²) in [5.74, 6) is 1.70. The van der Waals surface area contributed by atoms with E-state index >= 15 is 0 Å². The third kappa shape index (κ3) is 4.67. The number of fused-ring (bicyclic) bond motifs is 1. The highest BCUT2D eigenvalue weighted by atomic mass is 32.2. The molecule has 2 aromatic heterocycles. The average molecular weight is 432 g/mol. The molecule has 0 spiro atoms. The van der Waals surface area contributed by atoms with Crippen molar-refractivity contribution in [1.29, 1.82) is 5.26 Å². The SMILES string of the molecule is CC[C@@H]1CCc2sc(-c3nnc(SCC(=O)N[C@@](C)(C#N)C(C)C)n3C)cc2C1. The molecule has 29 heavy (non-hydrogen) atoms. The molecule has 0 saturated carbocycles. The molecule has 1 aliphatic rings. The van der Waals surface area contributed by atoms with Crippen molar-refractivity contribution in [3.8, 4) is 16.8 Å². The third-order valence-corrected chi connectivity index (χ3v) is 8.19. The van der Waals surface area contributed by atoms with Crippen LogP contribution in [0.4, 0.5) is 0 Å². The zero-order valence-electron chi connectivity index (χ0n) is 17.8. The minimum atomic E-state index is -0.866. The topological polar surface area (TPSA) is 83.6 Å². The highest BCUT2D eigenvalue weighted by molar-refractivity contribution is 7.99. The van der Waals surface area contributed by atoms with Crippen LogP contribution in [0.3, 0.4) is 0 Å². The maximum Gasteiger partial charge on any atom is 0.231 e. The van der Waals surface area contributed by atoms with Crippen LogP contribution in [0.15, 0.2) is 11.2 Å². The molecule has 6 nitrogen and oxygen atoms in total. The fraction of sp³-hybridized carbons (Fsp3) is 0.619. The number of nitriles is 1. The summed E-state index contributed by atoms with van der Waals surface area (Å²) in [5.41, 5.74) is 0.596. The van der Waals surface area contributed by atoms with Gasteiger partial charge in [-0.3, -0.25) is 4.79 Å². The number of rotatable bonds is 7. The summed E-state index contributed by atoms with van der Waals surface area (Å²) in [5, 5.41) is 21.6. The zero-order valence-corrected chi connectivity index (χ0v) is 19.4. The lowest BCUT2D eigenvalue weighted by molar-refractivity contribution is -0.120. The Bertz CT molecular complexity index is 926. The first kappa shape index (κ1) is 21.8. The second kappa shape index (κ2) is 8.88. The largest absolute Gasteiger partial charge is 0.337 e. The van der Waals surface area contributed by atoms with E-state index in [-0.39, 0.29) is 17.6 Å². The number of carbonyl (C=O) groups excluding carboxylic acids is 1. The van der Waals surface area contributed by atoms with Crippen LogP contribution >= 0.6 is 23.1 Å². The van der Waals surface area contributed by atoms with Gasteiger partial charge in [0.15, 0.2) is 11.0 Å². The van der Waals surface area contributed by atoms with Crippen LogP contribution in [0.2, 0.25) is 0 Å². The molecule has 1 amide bonds. The predicted octanol–water partition coefficient (Wildman–Crippen LogP) is 4.21. The molecule has 156 valence electrons. The Hall–Kier alpha value is -1.85. The second-order valence-electron chi connectivity index (χ2n) is 8.25. The quantitative estimate of drug-likeness (QED) is 0.664. The van der Waals surface area contributed by atoms with Crippen LogP contribution < -0.4 is 5.32 Å². The predicted molar refractivity (Wildman–Crippen MR) is 118 cm³/mol. The van der Waals surface area contributed by atoms with Crippen molar-refractivity contribution in [2.45, 2.75) is 64.1 Å². The van der Waals surface area contributed by atoms with Crippen molar-refractivity contribution in [2.24, 2.45) is 18.9 Å². The number of aryl methyl sites for hydroxylation is 1. The zero-order chi connectivity index (χ0) is 21.2. The normalized spacial score (nSPS) is 18.2. The standard InChI is InChI=1S/C21H29N5OS2/c1-6-14-7-8-16-15(9-14)10-17(29-16)19-24-25-20(26(19)5)28-11-18(27)23-21(4,12-22)13(2)3/h10,13-14H,6-9,11H2,1-5H3,(H,23,27)/t14-,21+/m1/s1. The third-order valence-electron chi connectivity index (χ3n) is 5.94. The van der Waals surface area contributed by atoms with Crippen LogP contribution in [0.1, 0.15) is 51.0 Å². The summed E-state index contributed by atoms with van der Waals surface area (Å²) in [4.78, 5) is 15.0. The molecule has 0 fully saturated rings. The molecule has 0 aromatic carbocycles. The van der Waals surface area contributed by atoms with Gasteiger partial charge in [0.2, 0.25) is 5.91 Å². The number of thiophene rings is 1. The molecular weight excluding hydrogens is 402 g/mol. The van der Waals surface area contributed by atoms with Crippen LogP contribution in [0.5, 0.6) is 0 Å². The first-order chi connectivity index (χ1) is 13.8. The van der Waals surface area contributed by atoms with E-state index in [9.17, 15) is 10.1 Å². The van der Waals surface area contributed by atoms with E-state index in [0.717, 1.165) is 29.5 Å². The van der Waals surface area contributed by atoms with E-state index < -0.39 is 5.54 Å². The van der Waals surface area contributed by atoms with Gasteiger partial charge in [0, 0.05) is 11.9 Å².